The van der Waals surface area contributed by atoms with Crippen LogP contribution in [0.4, 0.5) is 0 Å². The van der Waals surface area contributed by atoms with Gasteiger partial charge in [0.25, 0.3) is 5.19 Å². The maximum absolute atomic E-state index is 6.23. The molecule has 0 bridgehead atoms. The Labute approximate surface area is 209 Å². The lowest BCUT2D eigenvalue weighted by molar-refractivity contribution is 0.307. The molecule has 0 spiro atoms. The van der Waals surface area contributed by atoms with E-state index in [0.29, 0.717) is 45.3 Å². The minimum atomic E-state index is 0.326. The highest BCUT2D eigenvalue weighted by molar-refractivity contribution is 7.18. The molecular weight excluding hydrogens is 478 g/mol. The summed E-state index contributed by atoms with van der Waals surface area (Å²) < 4.78 is 24.7. The van der Waals surface area contributed by atoms with Gasteiger partial charge >= 0.3 is 0 Å². The maximum atomic E-state index is 6.23. The van der Waals surface area contributed by atoms with Crippen molar-refractivity contribution in [3.63, 3.8) is 0 Å². The minimum Gasteiger partial charge on any atom is -0.496 e. The third kappa shape index (κ3) is 4.11. The number of fused-ring (bicyclic) bond motifs is 2. The Morgan fingerprint density at radius 1 is 1.00 bits per heavy atom. The molecule has 0 fully saturated rings. The highest BCUT2D eigenvalue weighted by Crippen LogP contribution is 2.37. The van der Waals surface area contributed by atoms with Crippen LogP contribution in [0.5, 0.6) is 16.7 Å². The van der Waals surface area contributed by atoms with E-state index in [1.54, 1.807) is 31.1 Å². The van der Waals surface area contributed by atoms with Crippen molar-refractivity contribution in [2.75, 3.05) is 14.2 Å². The molecule has 36 heavy (non-hydrogen) atoms. The normalized spacial score (nSPS) is 11.3. The summed E-state index contributed by atoms with van der Waals surface area (Å²) in [5, 5.41) is 5.69. The number of pyridine rings is 2. The Bertz CT molecular complexity index is 1650. The minimum absolute atomic E-state index is 0.326. The quantitative estimate of drug-likeness (QED) is 0.281. The van der Waals surface area contributed by atoms with Gasteiger partial charge in [0.15, 0.2) is 5.76 Å². The zero-order valence-electron chi connectivity index (χ0n) is 19.8. The van der Waals surface area contributed by atoms with Crippen molar-refractivity contribution in [2.45, 2.75) is 13.5 Å². The van der Waals surface area contributed by atoms with E-state index in [-0.39, 0.29) is 0 Å². The lowest BCUT2D eigenvalue weighted by Gasteiger charge is -2.10. The molecule has 6 aromatic rings. The van der Waals surface area contributed by atoms with Gasteiger partial charge in [0.05, 0.1) is 25.8 Å². The first-order valence-electron chi connectivity index (χ1n) is 11.1. The van der Waals surface area contributed by atoms with Crippen LogP contribution in [0.25, 0.3) is 38.5 Å². The number of hydrogen-bond donors (Lipinski definition) is 0. The van der Waals surface area contributed by atoms with Crippen LogP contribution in [0.15, 0.2) is 65.6 Å². The van der Waals surface area contributed by atoms with Crippen molar-refractivity contribution >= 4 is 27.3 Å². The molecule has 0 atom stereocenters. The summed E-state index contributed by atoms with van der Waals surface area (Å²) in [6.07, 6.45) is 7.27. The molecule has 0 aliphatic carbocycles. The van der Waals surface area contributed by atoms with E-state index in [4.69, 9.17) is 18.6 Å². The van der Waals surface area contributed by atoms with Crippen LogP contribution in [0, 0.1) is 6.92 Å². The van der Waals surface area contributed by atoms with Gasteiger partial charge in [-0.2, -0.15) is 0 Å². The number of nitrogens with zero attached hydrogens (tertiary/aromatic N) is 5. The second-order valence-corrected chi connectivity index (χ2v) is 9.05. The fourth-order valence-corrected chi connectivity index (χ4v) is 4.55. The summed E-state index contributed by atoms with van der Waals surface area (Å²) >= 11 is 1.36. The molecule has 0 saturated carbocycles. The first kappa shape index (κ1) is 22.1. The van der Waals surface area contributed by atoms with E-state index in [1.807, 2.05) is 49.6 Å². The summed E-state index contributed by atoms with van der Waals surface area (Å²) in [6, 6.07) is 11.7. The molecule has 6 rings (SSSR count). The summed E-state index contributed by atoms with van der Waals surface area (Å²) in [4.78, 5) is 14.1. The van der Waals surface area contributed by atoms with Crippen molar-refractivity contribution in [1.82, 2.24) is 24.6 Å². The van der Waals surface area contributed by atoms with Gasteiger partial charge < -0.3 is 18.6 Å². The SMILES string of the molecule is COc1cc(OCc2cncc(-c3ccc(C)nc3)c2)c2cc(-c3cn4nc(OC)sc4n3)oc2c1. The number of imidazole rings is 1. The van der Waals surface area contributed by atoms with E-state index in [2.05, 4.69) is 26.1 Å². The number of rotatable bonds is 7. The molecule has 0 amide bonds. The van der Waals surface area contributed by atoms with Crippen molar-refractivity contribution < 1.29 is 18.6 Å². The fraction of sp³-hybridized carbons (Fsp3) is 0.154. The van der Waals surface area contributed by atoms with Crippen molar-refractivity contribution in [3.8, 4) is 39.3 Å². The predicted octanol–water partition coefficient (Wildman–Crippen LogP) is 5.57. The van der Waals surface area contributed by atoms with E-state index in [0.717, 1.165) is 27.8 Å². The molecule has 5 heterocycles. The van der Waals surface area contributed by atoms with Gasteiger partial charge in [-0.3, -0.25) is 9.97 Å². The molecule has 0 unspecified atom stereocenters. The zero-order chi connectivity index (χ0) is 24.6. The lowest BCUT2D eigenvalue weighted by Crippen LogP contribution is -1.98. The molecule has 9 nitrogen and oxygen atoms in total. The van der Waals surface area contributed by atoms with Crippen LogP contribution in [-0.4, -0.2) is 38.8 Å². The Hall–Kier alpha value is -4.44. The summed E-state index contributed by atoms with van der Waals surface area (Å²) in [5.41, 5.74) is 5.20. The highest BCUT2D eigenvalue weighted by atomic mass is 32.1. The number of hydrogen-bond acceptors (Lipinski definition) is 9. The second kappa shape index (κ2) is 8.97. The van der Waals surface area contributed by atoms with E-state index < -0.39 is 0 Å². The molecule has 5 aromatic heterocycles. The molecule has 0 aliphatic heterocycles. The van der Waals surface area contributed by atoms with Crippen LogP contribution in [0.1, 0.15) is 11.3 Å². The molecular formula is C26H21N5O4S. The van der Waals surface area contributed by atoms with Crippen molar-refractivity contribution in [3.05, 3.63) is 72.4 Å². The summed E-state index contributed by atoms with van der Waals surface area (Å²) in [7, 11) is 3.19. The molecule has 0 aliphatic rings. The molecule has 10 heteroatoms. The summed E-state index contributed by atoms with van der Waals surface area (Å²) in [6.45, 7) is 2.29. The Morgan fingerprint density at radius 3 is 2.69 bits per heavy atom. The highest BCUT2D eigenvalue weighted by Gasteiger charge is 2.17. The number of aromatic nitrogens is 5. The molecule has 0 radical (unpaired) electrons. The standard InChI is InChI=1S/C26H21N5O4S/c1-15-4-5-17(12-28-15)18-6-16(10-27-11-18)14-34-22-7-19(32-2)8-23-20(22)9-24(35-23)21-13-31-25(29-21)36-26(30-31)33-3/h4-13H,14H2,1-3H3. The van der Waals surface area contributed by atoms with Crippen molar-refractivity contribution in [1.29, 1.82) is 0 Å². The number of ether oxygens (including phenoxy) is 3. The number of aryl methyl sites for hydroxylation is 1. The van der Waals surface area contributed by atoms with Gasteiger partial charge in [-0.05, 0) is 36.5 Å². The average molecular weight is 500 g/mol. The largest absolute Gasteiger partial charge is 0.496 e. The van der Waals surface area contributed by atoms with Gasteiger partial charge in [0.2, 0.25) is 4.96 Å². The molecule has 1 aromatic carbocycles. The monoisotopic (exact) mass is 499 g/mol. The van der Waals surface area contributed by atoms with Crippen molar-refractivity contribution in [2.24, 2.45) is 0 Å². The van der Waals surface area contributed by atoms with Crippen LogP contribution in [0.2, 0.25) is 0 Å². The van der Waals surface area contributed by atoms with E-state index in [9.17, 15) is 0 Å². The number of benzene rings is 1. The van der Waals surface area contributed by atoms with E-state index in [1.165, 1.54) is 11.3 Å². The van der Waals surface area contributed by atoms with Crippen LogP contribution >= 0.6 is 11.3 Å². The third-order valence-corrected chi connectivity index (χ3v) is 6.58. The zero-order valence-corrected chi connectivity index (χ0v) is 20.6. The third-order valence-electron chi connectivity index (χ3n) is 5.69. The Morgan fingerprint density at radius 2 is 1.92 bits per heavy atom. The van der Waals surface area contributed by atoms with E-state index >= 15 is 0 Å². The Kier molecular flexibility index (Phi) is 5.49. The smallest absolute Gasteiger partial charge is 0.294 e. The van der Waals surface area contributed by atoms with Crippen LogP contribution < -0.4 is 14.2 Å². The molecule has 180 valence electrons. The van der Waals surface area contributed by atoms with Crippen LogP contribution in [-0.2, 0) is 6.61 Å². The number of furan rings is 1. The van der Waals surface area contributed by atoms with Gasteiger partial charge in [-0.15, -0.1) is 5.10 Å². The Balaban J connectivity index is 1.30. The fourth-order valence-electron chi connectivity index (χ4n) is 3.85. The second-order valence-electron chi connectivity index (χ2n) is 8.13. The van der Waals surface area contributed by atoms with Gasteiger partial charge in [-0.1, -0.05) is 6.07 Å². The predicted molar refractivity (Wildman–Crippen MR) is 136 cm³/mol. The van der Waals surface area contributed by atoms with Gasteiger partial charge in [-0.25, -0.2) is 9.50 Å². The first-order valence-corrected chi connectivity index (χ1v) is 11.9. The van der Waals surface area contributed by atoms with Crippen LogP contribution in [0.3, 0.4) is 0 Å². The molecule has 0 N–H and O–H groups in total. The first-order chi connectivity index (χ1) is 17.6. The lowest BCUT2D eigenvalue weighted by atomic mass is 10.1. The molecule has 0 saturated heterocycles. The summed E-state index contributed by atoms with van der Waals surface area (Å²) in [5.74, 6) is 1.88. The number of methoxy groups -OCH3 is 2. The maximum Gasteiger partial charge on any atom is 0.294 e. The topological polar surface area (TPSA) is 96.8 Å². The van der Waals surface area contributed by atoms with Gasteiger partial charge in [0.1, 0.15) is 29.4 Å². The van der Waals surface area contributed by atoms with Gasteiger partial charge in [0, 0.05) is 53.1 Å². The average Bonchev–Trinajstić information content (AvgIpc) is 3.60.